The number of aromatic nitrogens is 4. The molecule has 0 aliphatic rings. The van der Waals surface area contributed by atoms with Gasteiger partial charge in [0.05, 0.1) is 4.90 Å². The number of aromatic amines is 1. The largest absolute Gasteiger partial charge is 0.341 e. The van der Waals surface area contributed by atoms with E-state index in [2.05, 4.69) is 19.9 Å². The molecule has 0 bridgehead atoms. The van der Waals surface area contributed by atoms with Crippen molar-refractivity contribution in [1.29, 1.82) is 0 Å². The van der Waals surface area contributed by atoms with Crippen LogP contribution in [0.25, 0.3) is 22.6 Å². The highest BCUT2D eigenvalue weighted by atomic mass is 32.2. The molecule has 0 unspecified atom stereocenters. The predicted octanol–water partition coefficient (Wildman–Crippen LogP) is 2.50. The average molecular weight is 328 g/mol. The molecule has 0 saturated carbocycles. The first-order chi connectivity index (χ1) is 11.0. The van der Waals surface area contributed by atoms with Gasteiger partial charge < -0.3 is 4.98 Å². The van der Waals surface area contributed by atoms with Crippen molar-refractivity contribution in [1.82, 2.24) is 19.9 Å². The van der Waals surface area contributed by atoms with Crippen LogP contribution in [0.1, 0.15) is 12.6 Å². The maximum Gasteiger partial charge on any atom is 0.177 e. The summed E-state index contributed by atoms with van der Waals surface area (Å²) >= 11 is 0. The number of nitrogens with one attached hydrogen (secondary N) is 1. The van der Waals surface area contributed by atoms with E-state index in [-0.39, 0.29) is 4.90 Å². The summed E-state index contributed by atoms with van der Waals surface area (Å²) in [5.74, 6) is 0.691. The van der Waals surface area contributed by atoms with Crippen LogP contribution in [0.5, 0.6) is 0 Å². The molecule has 23 heavy (non-hydrogen) atoms. The molecule has 0 aliphatic carbocycles. The van der Waals surface area contributed by atoms with Crippen molar-refractivity contribution >= 4 is 9.84 Å². The Hall–Kier alpha value is -2.54. The molecule has 0 atom stereocenters. The normalized spacial score (nSPS) is 11.6. The molecule has 1 N–H and O–H groups in total. The van der Waals surface area contributed by atoms with Crippen molar-refractivity contribution in [2.75, 3.05) is 6.26 Å². The molecule has 7 heteroatoms. The number of imidazole rings is 1. The van der Waals surface area contributed by atoms with Crippen LogP contribution in [0, 0.1) is 0 Å². The third-order valence-electron chi connectivity index (χ3n) is 3.49. The topological polar surface area (TPSA) is 88.6 Å². The molecule has 0 spiro atoms. The van der Waals surface area contributed by atoms with Crippen molar-refractivity contribution in [3.05, 3.63) is 48.7 Å². The third kappa shape index (κ3) is 3.29. The van der Waals surface area contributed by atoms with Crippen LogP contribution in [-0.2, 0) is 16.3 Å². The second kappa shape index (κ2) is 5.92. The monoisotopic (exact) mass is 328 g/mol. The van der Waals surface area contributed by atoms with Crippen LogP contribution >= 0.6 is 0 Å². The zero-order chi connectivity index (χ0) is 16.4. The van der Waals surface area contributed by atoms with Crippen molar-refractivity contribution in [2.24, 2.45) is 0 Å². The van der Waals surface area contributed by atoms with Gasteiger partial charge in [-0.2, -0.15) is 0 Å². The van der Waals surface area contributed by atoms with Crippen LogP contribution < -0.4 is 0 Å². The Morgan fingerprint density at radius 2 is 1.91 bits per heavy atom. The van der Waals surface area contributed by atoms with Crippen LogP contribution in [-0.4, -0.2) is 34.6 Å². The van der Waals surface area contributed by atoms with Gasteiger partial charge in [0, 0.05) is 42.3 Å². The van der Waals surface area contributed by atoms with Crippen molar-refractivity contribution in [3.8, 4) is 22.6 Å². The minimum absolute atomic E-state index is 0.194. The zero-order valence-corrected chi connectivity index (χ0v) is 13.6. The van der Waals surface area contributed by atoms with Crippen molar-refractivity contribution in [2.45, 2.75) is 18.2 Å². The summed E-state index contributed by atoms with van der Waals surface area (Å²) < 4.78 is 23.3. The van der Waals surface area contributed by atoms with E-state index in [9.17, 15) is 8.42 Å². The predicted molar refractivity (Wildman–Crippen MR) is 87.5 cm³/mol. The number of hydrogen-bond acceptors (Lipinski definition) is 5. The molecule has 3 aromatic rings. The Morgan fingerprint density at radius 3 is 2.61 bits per heavy atom. The highest BCUT2D eigenvalue weighted by Crippen LogP contribution is 2.24. The molecule has 3 rings (SSSR count). The van der Waals surface area contributed by atoms with E-state index in [4.69, 9.17) is 0 Å². The summed E-state index contributed by atoms with van der Waals surface area (Å²) in [5, 5.41) is 0. The molecule has 0 aliphatic heterocycles. The van der Waals surface area contributed by atoms with E-state index in [0.29, 0.717) is 11.5 Å². The van der Waals surface area contributed by atoms with E-state index in [1.807, 2.05) is 19.1 Å². The summed E-state index contributed by atoms with van der Waals surface area (Å²) in [4.78, 5) is 16.1. The summed E-state index contributed by atoms with van der Waals surface area (Å²) in [6.07, 6.45) is 8.48. The van der Waals surface area contributed by atoms with Gasteiger partial charge >= 0.3 is 0 Å². The summed E-state index contributed by atoms with van der Waals surface area (Å²) in [6, 6.07) is 5.29. The molecular formula is C16H16N4O2S. The number of sulfone groups is 1. The third-order valence-corrected chi connectivity index (χ3v) is 4.57. The number of aryl methyl sites for hydroxylation is 1. The molecular weight excluding hydrogens is 312 g/mol. The lowest BCUT2D eigenvalue weighted by molar-refractivity contribution is 0.601. The van der Waals surface area contributed by atoms with Gasteiger partial charge in [0.25, 0.3) is 0 Å². The molecule has 3 heterocycles. The van der Waals surface area contributed by atoms with Gasteiger partial charge in [-0.15, -0.1) is 0 Å². The summed E-state index contributed by atoms with van der Waals surface area (Å²) in [6.45, 7) is 2.05. The van der Waals surface area contributed by atoms with Crippen LogP contribution in [0.4, 0.5) is 0 Å². The van der Waals surface area contributed by atoms with Gasteiger partial charge in [-0.1, -0.05) is 6.92 Å². The molecule has 3 aromatic heterocycles. The second-order valence-electron chi connectivity index (χ2n) is 5.22. The number of hydrogen-bond donors (Lipinski definition) is 1. The number of pyridine rings is 2. The fourth-order valence-corrected chi connectivity index (χ4v) is 2.78. The Kier molecular flexibility index (Phi) is 3.96. The van der Waals surface area contributed by atoms with Crippen LogP contribution in [0.15, 0.2) is 47.9 Å². The van der Waals surface area contributed by atoms with E-state index in [1.54, 1.807) is 24.7 Å². The Bertz CT molecular complexity index is 948. The molecule has 0 aromatic carbocycles. The lowest BCUT2D eigenvalue weighted by Gasteiger charge is -2.05. The highest BCUT2D eigenvalue weighted by molar-refractivity contribution is 7.90. The SMILES string of the molecule is CCc1cnc(-c2cc(-c3cncc(S(C)(=O)=O)c3)ccn2)[nH]1. The van der Waals surface area contributed by atoms with Gasteiger partial charge in [0.15, 0.2) is 15.7 Å². The lowest BCUT2D eigenvalue weighted by atomic mass is 10.1. The first kappa shape index (κ1) is 15.4. The first-order valence-electron chi connectivity index (χ1n) is 7.13. The lowest BCUT2D eigenvalue weighted by Crippen LogP contribution is -1.98. The van der Waals surface area contributed by atoms with Gasteiger partial charge in [-0.3, -0.25) is 9.97 Å². The first-order valence-corrected chi connectivity index (χ1v) is 9.02. The number of H-pyrrole nitrogens is 1. The Labute approximate surface area is 134 Å². The summed E-state index contributed by atoms with van der Waals surface area (Å²) in [7, 11) is -3.29. The Balaban J connectivity index is 2.03. The van der Waals surface area contributed by atoms with Crippen molar-refractivity contribution in [3.63, 3.8) is 0 Å². The standard InChI is InChI=1S/C16H16N4O2S/c1-3-13-9-19-16(20-13)15-7-11(4-5-18-15)12-6-14(10-17-8-12)23(2,21)22/h4-10H,3H2,1-2H3,(H,19,20). The minimum atomic E-state index is -3.29. The van der Waals surface area contributed by atoms with E-state index in [0.717, 1.165) is 23.2 Å². The molecule has 0 fully saturated rings. The smallest absolute Gasteiger partial charge is 0.177 e. The maximum atomic E-state index is 11.7. The fourth-order valence-electron chi connectivity index (χ4n) is 2.19. The fraction of sp³-hybridized carbons (Fsp3) is 0.188. The van der Waals surface area contributed by atoms with Crippen LogP contribution in [0.3, 0.4) is 0 Å². The minimum Gasteiger partial charge on any atom is -0.341 e. The molecule has 0 radical (unpaired) electrons. The Morgan fingerprint density at radius 1 is 1.09 bits per heavy atom. The van der Waals surface area contributed by atoms with E-state index >= 15 is 0 Å². The van der Waals surface area contributed by atoms with E-state index < -0.39 is 9.84 Å². The number of rotatable bonds is 4. The van der Waals surface area contributed by atoms with Gasteiger partial charge in [-0.25, -0.2) is 13.4 Å². The summed E-state index contributed by atoms with van der Waals surface area (Å²) in [5.41, 5.74) is 3.29. The zero-order valence-electron chi connectivity index (χ0n) is 12.8. The van der Waals surface area contributed by atoms with Crippen molar-refractivity contribution < 1.29 is 8.42 Å². The molecule has 0 amide bonds. The average Bonchev–Trinajstić information content (AvgIpc) is 3.03. The highest BCUT2D eigenvalue weighted by Gasteiger charge is 2.11. The van der Waals surface area contributed by atoms with E-state index in [1.165, 1.54) is 12.5 Å². The second-order valence-corrected chi connectivity index (χ2v) is 7.24. The molecule has 0 saturated heterocycles. The maximum absolute atomic E-state index is 11.7. The quantitative estimate of drug-likeness (QED) is 0.795. The van der Waals surface area contributed by atoms with Crippen LogP contribution in [0.2, 0.25) is 0 Å². The van der Waals surface area contributed by atoms with Gasteiger partial charge in [0.2, 0.25) is 0 Å². The molecule has 118 valence electrons. The number of nitrogens with zero attached hydrogens (tertiary/aromatic N) is 3. The van der Waals surface area contributed by atoms with Gasteiger partial charge in [-0.05, 0) is 30.2 Å². The molecule has 6 nitrogen and oxygen atoms in total. The van der Waals surface area contributed by atoms with Gasteiger partial charge in [0.1, 0.15) is 5.69 Å².